The van der Waals surface area contributed by atoms with Gasteiger partial charge in [0, 0.05) is 27.4 Å². The molecule has 0 radical (unpaired) electrons. The summed E-state index contributed by atoms with van der Waals surface area (Å²) in [6.45, 7) is 5.53. The van der Waals surface area contributed by atoms with Crippen molar-refractivity contribution in [2.24, 2.45) is 11.3 Å². The predicted octanol–water partition coefficient (Wildman–Crippen LogP) is 8.34. The van der Waals surface area contributed by atoms with Crippen molar-refractivity contribution in [1.29, 1.82) is 5.26 Å². The average Bonchev–Trinajstić information content (AvgIpc) is 3.01. The number of hydrogen-bond acceptors (Lipinski definition) is 5. The van der Waals surface area contributed by atoms with Crippen LogP contribution in [0.15, 0.2) is 97.1 Å². The van der Waals surface area contributed by atoms with Crippen LogP contribution >= 0.6 is 23.2 Å². The van der Waals surface area contributed by atoms with Crippen molar-refractivity contribution in [2.45, 2.75) is 44.6 Å². The van der Waals surface area contributed by atoms with Gasteiger partial charge in [-0.15, -0.1) is 0 Å². The minimum atomic E-state index is -1.88. The maximum absolute atomic E-state index is 14.9. The van der Waals surface area contributed by atoms with E-state index in [0.717, 1.165) is 16.7 Å². The second-order valence-corrected chi connectivity index (χ2v) is 12.3. The molecule has 0 bridgehead atoms. The second kappa shape index (κ2) is 12.6. The summed E-state index contributed by atoms with van der Waals surface area (Å²) in [6.07, 6.45) is -0.0990. The normalized spacial score (nSPS) is 24.7. The highest BCUT2D eigenvalue weighted by molar-refractivity contribution is 6.31. The number of nitriles is 1. The third-order valence-corrected chi connectivity index (χ3v) is 9.55. The zero-order valence-electron chi connectivity index (χ0n) is 24.8. The van der Waals surface area contributed by atoms with Crippen LogP contribution in [0.3, 0.4) is 0 Å². The number of rotatable bonds is 7. The summed E-state index contributed by atoms with van der Waals surface area (Å²) in [6, 6.07) is 30.5. The van der Waals surface area contributed by atoms with Gasteiger partial charge in [0.25, 0.3) is 0 Å². The van der Waals surface area contributed by atoms with Gasteiger partial charge in [0.05, 0.1) is 18.6 Å². The molecule has 4 aromatic rings. The summed E-state index contributed by atoms with van der Waals surface area (Å²) in [5.74, 6) is -4.35. The number of ether oxygens (including phenoxy) is 1. The van der Waals surface area contributed by atoms with Crippen molar-refractivity contribution in [1.82, 2.24) is 0 Å². The minimum absolute atomic E-state index is 0.0422. The first kappa shape index (κ1) is 31.5. The molecular formula is C37H33Cl2NO4. The maximum atomic E-state index is 14.9. The van der Waals surface area contributed by atoms with Crippen molar-refractivity contribution < 1.29 is 19.4 Å². The Bertz CT molecular complexity index is 1730. The van der Waals surface area contributed by atoms with Gasteiger partial charge in [0.1, 0.15) is 5.60 Å². The van der Waals surface area contributed by atoms with Gasteiger partial charge in [-0.1, -0.05) is 83.9 Å². The number of ketones is 1. The fraction of sp³-hybridized carbons (Fsp3) is 0.270. The largest absolute Gasteiger partial charge is 0.465 e. The summed E-state index contributed by atoms with van der Waals surface area (Å²) in [5, 5.41) is 25.3. The van der Waals surface area contributed by atoms with Crippen molar-refractivity contribution in [3.63, 3.8) is 0 Å². The van der Waals surface area contributed by atoms with Crippen LogP contribution in [-0.2, 0) is 15.1 Å². The fourth-order valence-electron chi connectivity index (χ4n) is 6.96. The molecule has 0 aliphatic heterocycles. The number of carbonyl (C=O) groups is 2. The van der Waals surface area contributed by atoms with Gasteiger partial charge in [0.2, 0.25) is 0 Å². The van der Waals surface area contributed by atoms with Gasteiger partial charge in [-0.3, -0.25) is 9.59 Å². The van der Waals surface area contributed by atoms with Crippen molar-refractivity contribution in [3.8, 4) is 6.07 Å². The zero-order chi connectivity index (χ0) is 31.6. The van der Waals surface area contributed by atoms with E-state index in [1.807, 2.05) is 62.4 Å². The molecule has 5 rings (SSSR count). The first-order valence-electron chi connectivity index (χ1n) is 14.6. The molecule has 0 spiro atoms. The summed E-state index contributed by atoms with van der Waals surface area (Å²) >= 11 is 12.5. The molecule has 1 N–H and O–H groups in total. The molecule has 0 saturated heterocycles. The lowest BCUT2D eigenvalue weighted by atomic mass is 9.47. The number of hydrogen-bond donors (Lipinski definition) is 1. The summed E-state index contributed by atoms with van der Waals surface area (Å²) in [5.41, 5.74) is 0.0288. The van der Waals surface area contributed by atoms with E-state index in [1.165, 1.54) is 0 Å². The lowest BCUT2D eigenvalue weighted by Crippen LogP contribution is -2.59. The minimum Gasteiger partial charge on any atom is -0.465 e. The number of benzene rings is 4. The molecule has 5 atom stereocenters. The highest BCUT2D eigenvalue weighted by atomic mass is 35.5. The Balaban J connectivity index is 1.93. The Labute approximate surface area is 268 Å². The molecule has 0 unspecified atom stereocenters. The average molecular weight is 627 g/mol. The lowest BCUT2D eigenvalue weighted by Gasteiger charge is -2.54. The number of Topliss-reactive ketones (excluding diaryl/α,β-unsaturated/α-hetero) is 1. The van der Waals surface area contributed by atoms with Gasteiger partial charge < -0.3 is 9.84 Å². The summed E-state index contributed by atoms with van der Waals surface area (Å²) in [7, 11) is 0. The Kier molecular flexibility index (Phi) is 9.00. The fourth-order valence-corrected chi connectivity index (χ4v) is 7.21. The number of esters is 1. The van der Waals surface area contributed by atoms with Crippen LogP contribution in [0.2, 0.25) is 10.0 Å². The molecule has 0 aromatic heterocycles. The van der Waals surface area contributed by atoms with Crippen LogP contribution < -0.4 is 0 Å². The SMILES string of the molecule is CCOC(=O)[C@]1(C#N)[C@H](c2ccccc2C)C[C@](O)(c2ccc(Cl)cc2)[C@@H](C(=O)c2ccc(Cl)cc2)[C@@H]1c1ccccc1C. The molecule has 4 aromatic carbocycles. The Hall–Kier alpha value is -3.95. The molecule has 5 nitrogen and oxygen atoms in total. The van der Waals surface area contributed by atoms with E-state index in [0.29, 0.717) is 26.7 Å². The topological polar surface area (TPSA) is 87.4 Å². The lowest BCUT2D eigenvalue weighted by molar-refractivity contribution is -0.164. The molecule has 224 valence electrons. The van der Waals surface area contributed by atoms with Crippen LogP contribution in [-0.4, -0.2) is 23.5 Å². The van der Waals surface area contributed by atoms with Gasteiger partial charge in [-0.25, -0.2) is 0 Å². The molecule has 1 fully saturated rings. The first-order valence-corrected chi connectivity index (χ1v) is 15.3. The van der Waals surface area contributed by atoms with E-state index in [4.69, 9.17) is 27.9 Å². The van der Waals surface area contributed by atoms with E-state index >= 15 is 0 Å². The molecule has 44 heavy (non-hydrogen) atoms. The molecular weight excluding hydrogens is 593 g/mol. The standard InChI is InChI=1S/C37H33Cl2NO4/c1-4-44-35(42)36(22-40)31(29-11-7-5-9-23(29)2)21-37(43,26-15-19-28(39)20-16-26)33(32(36)30-12-8-6-10-24(30)3)34(41)25-13-17-27(38)18-14-25/h5-20,31-33,43H,4,21H2,1-3H3/t31-,32-,33+,36+,37-/m0/s1. The Morgan fingerprint density at radius 3 is 1.91 bits per heavy atom. The van der Waals surface area contributed by atoms with E-state index in [1.54, 1.807) is 55.5 Å². The molecule has 0 heterocycles. The predicted molar refractivity (Wildman–Crippen MR) is 172 cm³/mol. The van der Waals surface area contributed by atoms with Crippen LogP contribution in [0.1, 0.15) is 63.4 Å². The highest BCUT2D eigenvalue weighted by Crippen LogP contribution is 2.64. The highest BCUT2D eigenvalue weighted by Gasteiger charge is 2.68. The van der Waals surface area contributed by atoms with Gasteiger partial charge in [-0.05, 0) is 91.4 Å². The second-order valence-electron chi connectivity index (χ2n) is 11.4. The van der Waals surface area contributed by atoms with Crippen LogP contribution in [0.4, 0.5) is 0 Å². The molecule has 1 saturated carbocycles. The van der Waals surface area contributed by atoms with Crippen molar-refractivity contribution >= 4 is 35.0 Å². The smallest absolute Gasteiger partial charge is 0.327 e. The molecule has 0 amide bonds. The van der Waals surface area contributed by atoms with E-state index in [2.05, 4.69) is 6.07 Å². The van der Waals surface area contributed by atoms with Crippen molar-refractivity contribution in [3.05, 3.63) is 140 Å². The molecule has 1 aliphatic carbocycles. The quantitative estimate of drug-likeness (QED) is 0.165. The van der Waals surface area contributed by atoms with Gasteiger partial charge in [-0.2, -0.15) is 5.26 Å². The summed E-state index contributed by atoms with van der Waals surface area (Å²) in [4.78, 5) is 29.3. The number of carbonyl (C=O) groups excluding carboxylic acids is 2. The van der Waals surface area contributed by atoms with Crippen LogP contribution in [0.5, 0.6) is 0 Å². The molecule has 7 heteroatoms. The van der Waals surface area contributed by atoms with E-state index in [9.17, 15) is 20.0 Å². The summed E-state index contributed by atoms with van der Waals surface area (Å²) < 4.78 is 5.71. The van der Waals surface area contributed by atoms with Crippen LogP contribution in [0.25, 0.3) is 0 Å². The maximum Gasteiger partial charge on any atom is 0.327 e. The van der Waals surface area contributed by atoms with Crippen molar-refractivity contribution in [2.75, 3.05) is 6.61 Å². The third kappa shape index (κ3) is 5.32. The Morgan fingerprint density at radius 2 is 1.39 bits per heavy atom. The number of halogens is 2. The monoisotopic (exact) mass is 625 g/mol. The number of aliphatic hydroxyl groups is 1. The van der Waals surface area contributed by atoms with E-state index < -0.39 is 40.5 Å². The first-order chi connectivity index (χ1) is 21.1. The zero-order valence-corrected chi connectivity index (χ0v) is 26.3. The van der Waals surface area contributed by atoms with Crippen LogP contribution in [0, 0.1) is 36.5 Å². The van der Waals surface area contributed by atoms with E-state index in [-0.39, 0.29) is 13.0 Å². The van der Waals surface area contributed by atoms with Gasteiger partial charge >= 0.3 is 5.97 Å². The Morgan fingerprint density at radius 1 is 0.864 bits per heavy atom. The molecule has 1 aliphatic rings. The number of nitrogens with zero attached hydrogens (tertiary/aromatic N) is 1. The number of aryl methyl sites for hydroxylation is 2. The third-order valence-electron chi connectivity index (χ3n) is 9.04. The van der Waals surface area contributed by atoms with Gasteiger partial charge in [0.15, 0.2) is 11.2 Å².